The predicted molar refractivity (Wildman–Crippen MR) is 90.3 cm³/mol. The van der Waals surface area contributed by atoms with E-state index in [1.165, 1.54) is 16.0 Å². The van der Waals surface area contributed by atoms with Crippen LogP contribution in [0.2, 0.25) is 0 Å². The van der Waals surface area contributed by atoms with Crippen molar-refractivity contribution >= 4 is 17.5 Å². The van der Waals surface area contributed by atoms with E-state index >= 15 is 0 Å². The second kappa shape index (κ2) is 4.54. The molecule has 2 saturated heterocycles. The summed E-state index contributed by atoms with van der Waals surface area (Å²) in [5, 5.41) is 0. The highest BCUT2D eigenvalue weighted by Crippen LogP contribution is 2.61. The van der Waals surface area contributed by atoms with Crippen LogP contribution >= 0.6 is 0 Å². The number of amides is 2. The standard InChI is InChI=1S/C20H18N2O2/c1-11-7-9-12(10-8-11)22-19(23)15-16(20(22)24)18-14-6-4-3-5-13(14)17(15)21(18)2/h3-10,15-18H,1-2H3/t15-,16-,17-,18+/m1/s1. The molecule has 0 aliphatic carbocycles. The minimum Gasteiger partial charge on any atom is -0.291 e. The summed E-state index contributed by atoms with van der Waals surface area (Å²) in [7, 11) is 2.03. The van der Waals surface area contributed by atoms with Crippen molar-refractivity contribution < 1.29 is 9.59 Å². The Morgan fingerprint density at radius 1 is 0.792 bits per heavy atom. The molecular weight excluding hydrogens is 300 g/mol. The molecule has 4 atom stereocenters. The second-order valence-corrected chi connectivity index (χ2v) is 7.08. The van der Waals surface area contributed by atoms with Crippen molar-refractivity contribution in [3.05, 3.63) is 65.2 Å². The van der Waals surface area contributed by atoms with Crippen molar-refractivity contribution in [2.45, 2.75) is 19.0 Å². The zero-order chi connectivity index (χ0) is 16.6. The Morgan fingerprint density at radius 2 is 1.29 bits per heavy atom. The van der Waals surface area contributed by atoms with E-state index in [4.69, 9.17) is 0 Å². The highest BCUT2D eigenvalue weighted by Gasteiger charge is 2.65. The van der Waals surface area contributed by atoms with E-state index in [1.807, 2.05) is 50.4 Å². The molecule has 2 aromatic rings. The highest BCUT2D eigenvalue weighted by atomic mass is 16.2. The Bertz CT molecular complexity index is 824. The third-order valence-electron chi connectivity index (χ3n) is 5.88. The maximum atomic E-state index is 13.1. The molecule has 120 valence electrons. The van der Waals surface area contributed by atoms with Crippen molar-refractivity contribution in [1.82, 2.24) is 4.90 Å². The minimum atomic E-state index is -0.260. The average Bonchev–Trinajstić information content (AvgIpc) is 3.14. The largest absolute Gasteiger partial charge is 0.291 e. The zero-order valence-corrected chi connectivity index (χ0v) is 13.6. The molecule has 2 aromatic carbocycles. The van der Waals surface area contributed by atoms with Crippen LogP contribution in [-0.2, 0) is 9.59 Å². The lowest BCUT2D eigenvalue weighted by molar-refractivity contribution is -0.123. The first-order valence-electron chi connectivity index (χ1n) is 8.35. The fourth-order valence-corrected chi connectivity index (χ4v) is 4.88. The van der Waals surface area contributed by atoms with E-state index in [0.29, 0.717) is 5.69 Å². The summed E-state index contributed by atoms with van der Waals surface area (Å²) in [4.78, 5) is 29.8. The Kier molecular flexibility index (Phi) is 2.64. The number of rotatable bonds is 1. The van der Waals surface area contributed by atoms with Gasteiger partial charge in [-0.05, 0) is 37.2 Å². The Hall–Kier alpha value is -2.46. The van der Waals surface area contributed by atoms with Gasteiger partial charge in [-0.25, -0.2) is 4.90 Å². The summed E-state index contributed by atoms with van der Waals surface area (Å²) in [5.41, 5.74) is 4.22. The van der Waals surface area contributed by atoms with Gasteiger partial charge in [-0.3, -0.25) is 14.5 Å². The summed E-state index contributed by atoms with van der Waals surface area (Å²) < 4.78 is 0. The van der Waals surface area contributed by atoms with Gasteiger partial charge in [0.05, 0.1) is 17.5 Å². The number of hydrogen-bond donors (Lipinski definition) is 0. The van der Waals surface area contributed by atoms with Gasteiger partial charge < -0.3 is 0 Å². The quantitative estimate of drug-likeness (QED) is 0.759. The van der Waals surface area contributed by atoms with Gasteiger partial charge >= 0.3 is 0 Å². The van der Waals surface area contributed by atoms with Crippen LogP contribution in [0.1, 0.15) is 28.8 Å². The number of imide groups is 1. The fourth-order valence-electron chi connectivity index (χ4n) is 4.88. The monoisotopic (exact) mass is 318 g/mol. The topological polar surface area (TPSA) is 40.6 Å². The molecule has 4 nitrogen and oxygen atoms in total. The first kappa shape index (κ1) is 13.9. The number of fused-ring (bicyclic) bond motifs is 8. The summed E-state index contributed by atoms with van der Waals surface area (Å²) >= 11 is 0. The van der Waals surface area contributed by atoms with Crippen molar-refractivity contribution in [2.75, 3.05) is 11.9 Å². The van der Waals surface area contributed by atoms with Crippen LogP contribution in [0, 0.1) is 18.8 Å². The fraction of sp³-hybridized carbons (Fsp3) is 0.300. The van der Waals surface area contributed by atoms with E-state index in [2.05, 4.69) is 17.0 Å². The van der Waals surface area contributed by atoms with Crippen LogP contribution < -0.4 is 4.90 Å². The smallest absolute Gasteiger partial charge is 0.239 e. The third kappa shape index (κ3) is 1.52. The molecular formula is C20H18N2O2. The zero-order valence-electron chi connectivity index (χ0n) is 13.6. The molecule has 0 radical (unpaired) electrons. The number of carbonyl (C=O) groups excluding carboxylic acids is 2. The Balaban J connectivity index is 1.61. The summed E-state index contributed by atoms with van der Waals surface area (Å²) in [5.74, 6) is -0.627. The molecule has 3 aliphatic rings. The van der Waals surface area contributed by atoms with Gasteiger partial charge in [-0.15, -0.1) is 0 Å². The number of benzene rings is 2. The van der Waals surface area contributed by atoms with Gasteiger partial charge in [-0.2, -0.15) is 0 Å². The summed E-state index contributed by atoms with van der Waals surface area (Å²) in [6, 6.07) is 15.9. The first-order valence-corrected chi connectivity index (χ1v) is 8.35. The lowest BCUT2D eigenvalue weighted by Gasteiger charge is -2.22. The van der Waals surface area contributed by atoms with Crippen LogP contribution in [0.3, 0.4) is 0 Å². The summed E-state index contributed by atoms with van der Waals surface area (Å²) in [6.45, 7) is 2.00. The van der Waals surface area contributed by atoms with Gasteiger partial charge in [0.15, 0.2) is 0 Å². The van der Waals surface area contributed by atoms with Crippen molar-refractivity contribution in [3.63, 3.8) is 0 Å². The molecule has 0 spiro atoms. The van der Waals surface area contributed by atoms with Gasteiger partial charge in [0.2, 0.25) is 11.8 Å². The maximum Gasteiger partial charge on any atom is 0.239 e. The third-order valence-corrected chi connectivity index (χ3v) is 5.88. The number of hydrogen-bond acceptors (Lipinski definition) is 3. The summed E-state index contributed by atoms with van der Waals surface area (Å²) in [6.07, 6.45) is 0. The normalized spacial score (nSPS) is 30.8. The molecule has 4 heteroatoms. The van der Waals surface area contributed by atoms with Crippen molar-refractivity contribution in [3.8, 4) is 0 Å². The Morgan fingerprint density at radius 3 is 1.79 bits per heavy atom. The lowest BCUT2D eigenvalue weighted by Crippen LogP contribution is -2.35. The van der Waals surface area contributed by atoms with Gasteiger partial charge in [0.25, 0.3) is 0 Å². The van der Waals surface area contributed by atoms with Crippen molar-refractivity contribution in [1.29, 1.82) is 0 Å². The molecule has 0 N–H and O–H groups in total. The number of aryl methyl sites for hydroxylation is 1. The van der Waals surface area contributed by atoms with Gasteiger partial charge in [-0.1, -0.05) is 42.0 Å². The van der Waals surface area contributed by atoms with Crippen LogP contribution in [-0.4, -0.2) is 23.8 Å². The first-order chi connectivity index (χ1) is 11.6. The molecule has 0 aromatic heterocycles. The van der Waals surface area contributed by atoms with Gasteiger partial charge in [0, 0.05) is 12.1 Å². The number of anilines is 1. The molecule has 2 amide bonds. The molecule has 5 rings (SSSR count). The van der Waals surface area contributed by atoms with Crippen LogP contribution in [0.5, 0.6) is 0 Å². The minimum absolute atomic E-state index is 0.0168. The van der Waals surface area contributed by atoms with E-state index in [-0.39, 0.29) is 35.7 Å². The molecule has 3 heterocycles. The number of nitrogens with zero attached hydrogens (tertiary/aromatic N) is 2. The van der Waals surface area contributed by atoms with Crippen molar-refractivity contribution in [2.24, 2.45) is 11.8 Å². The lowest BCUT2D eigenvalue weighted by atomic mass is 9.77. The second-order valence-electron chi connectivity index (χ2n) is 7.08. The van der Waals surface area contributed by atoms with Crippen LogP contribution in [0.4, 0.5) is 5.69 Å². The molecule has 2 fully saturated rings. The van der Waals surface area contributed by atoms with Gasteiger partial charge in [0.1, 0.15) is 0 Å². The number of carbonyl (C=O) groups is 2. The predicted octanol–water partition coefficient (Wildman–Crippen LogP) is 2.84. The average molecular weight is 318 g/mol. The molecule has 0 saturated carbocycles. The van der Waals surface area contributed by atoms with Crippen LogP contribution in [0.15, 0.2) is 48.5 Å². The molecule has 3 aliphatic heterocycles. The van der Waals surface area contributed by atoms with E-state index < -0.39 is 0 Å². The Labute approximate surface area is 140 Å². The SMILES string of the molecule is Cc1ccc(N2C(=O)[C@@H]3[C@@H](C2=O)[C@@H]2c4ccccc4[C@H]3N2C)cc1. The highest BCUT2D eigenvalue weighted by molar-refractivity contribution is 6.23. The van der Waals surface area contributed by atoms with Crippen LogP contribution in [0.25, 0.3) is 0 Å². The maximum absolute atomic E-state index is 13.1. The molecule has 24 heavy (non-hydrogen) atoms. The molecule has 0 unspecified atom stereocenters. The molecule has 2 bridgehead atoms. The van der Waals surface area contributed by atoms with E-state index in [9.17, 15) is 9.59 Å². The van der Waals surface area contributed by atoms with E-state index in [1.54, 1.807) is 0 Å². The van der Waals surface area contributed by atoms with E-state index in [0.717, 1.165) is 5.56 Å².